The van der Waals surface area contributed by atoms with Gasteiger partial charge in [-0.1, -0.05) is 6.07 Å². The summed E-state index contributed by atoms with van der Waals surface area (Å²) in [7, 11) is 0. The van der Waals surface area contributed by atoms with E-state index in [1.165, 1.54) is 6.07 Å². The fourth-order valence-electron chi connectivity index (χ4n) is 3.63. The molecule has 4 aromatic rings. The predicted octanol–water partition coefficient (Wildman–Crippen LogP) is 2.57. The summed E-state index contributed by atoms with van der Waals surface area (Å²) in [5, 5.41) is 19.4. The van der Waals surface area contributed by atoms with Crippen LogP contribution in [0.5, 0.6) is 0 Å². The van der Waals surface area contributed by atoms with Crippen molar-refractivity contribution in [3.63, 3.8) is 0 Å². The first-order valence-electron chi connectivity index (χ1n) is 8.85. The third kappa shape index (κ3) is 2.74. The lowest BCUT2D eigenvalue weighted by Gasteiger charge is -2.31. The Labute approximate surface area is 156 Å². The minimum atomic E-state index is -4.60. The van der Waals surface area contributed by atoms with Crippen LogP contribution in [0.3, 0.4) is 0 Å². The molecule has 0 N–H and O–H groups in total. The van der Waals surface area contributed by atoms with Crippen LogP contribution in [0.2, 0.25) is 0 Å². The van der Waals surface area contributed by atoms with E-state index in [1.54, 1.807) is 6.07 Å². The number of piperidine rings is 1. The van der Waals surface area contributed by atoms with E-state index in [2.05, 4.69) is 25.5 Å². The van der Waals surface area contributed by atoms with Gasteiger partial charge in [0.2, 0.25) is 0 Å². The Balaban J connectivity index is 1.38. The predicted molar refractivity (Wildman–Crippen MR) is 93.0 cm³/mol. The van der Waals surface area contributed by atoms with E-state index < -0.39 is 12.0 Å². The number of alkyl halides is 3. The van der Waals surface area contributed by atoms with Crippen LogP contribution in [-0.4, -0.2) is 47.5 Å². The van der Waals surface area contributed by atoms with Crippen LogP contribution in [0, 0.1) is 0 Å². The molecular weight excluding hydrogens is 373 g/mol. The number of pyridine rings is 1. The fourth-order valence-corrected chi connectivity index (χ4v) is 3.63. The van der Waals surface area contributed by atoms with Gasteiger partial charge in [-0.15, -0.1) is 25.5 Å². The van der Waals surface area contributed by atoms with E-state index in [4.69, 9.17) is 0 Å². The van der Waals surface area contributed by atoms with Gasteiger partial charge >= 0.3 is 6.18 Å². The van der Waals surface area contributed by atoms with Gasteiger partial charge in [-0.2, -0.15) is 17.7 Å². The van der Waals surface area contributed by atoms with Gasteiger partial charge in [0.1, 0.15) is 11.6 Å². The topological polar surface area (TPSA) is 76.5 Å². The Hall–Kier alpha value is -3.24. The first kappa shape index (κ1) is 16.9. The van der Waals surface area contributed by atoms with Crippen molar-refractivity contribution >= 4 is 17.1 Å². The Morgan fingerprint density at radius 3 is 2.46 bits per heavy atom. The molecule has 28 heavy (non-hydrogen) atoms. The number of hydrogen-bond donors (Lipinski definition) is 0. The molecule has 8 nitrogen and oxygen atoms in total. The number of rotatable bonds is 2. The van der Waals surface area contributed by atoms with E-state index in [0.29, 0.717) is 18.9 Å². The molecule has 0 radical (unpaired) electrons. The maximum Gasteiger partial charge on any atom is 0.453 e. The maximum absolute atomic E-state index is 13.1. The van der Waals surface area contributed by atoms with Crippen LogP contribution in [-0.2, 0) is 6.18 Å². The first-order chi connectivity index (χ1) is 13.5. The van der Waals surface area contributed by atoms with Gasteiger partial charge in [0.25, 0.3) is 5.82 Å². The highest BCUT2D eigenvalue weighted by molar-refractivity contribution is 5.46. The summed E-state index contributed by atoms with van der Waals surface area (Å²) in [5.74, 6) is 0.506. The van der Waals surface area contributed by atoms with Gasteiger partial charge in [0, 0.05) is 25.2 Å². The van der Waals surface area contributed by atoms with Crippen LogP contribution in [0.25, 0.3) is 11.3 Å². The minimum Gasteiger partial charge on any atom is -0.355 e. The van der Waals surface area contributed by atoms with Gasteiger partial charge in [0.15, 0.2) is 11.3 Å². The normalized spacial score (nSPS) is 16.3. The third-order valence-corrected chi connectivity index (χ3v) is 5.03. The quantitative estimate of drug-likeness (QED) is 0.525. The number of anilines is 1. The van der Waals surface area contributed by atoms with Crippen molar-refractivity contribution in [1.29, 1.82) is 0 Å². The van der Waals surface area contributed by atoms with Gasteiger partial charge in [-0.05, 0) is 37.1 Å². The highest BCUT2D eigenvalue weighted by Gasteiger charge is 2.38. The second-order valence-electron chi connectivity index (χ2n) is 6.73. The average Bonchev–Trinajstić information content (AvgIpc) is 3.31. The van der Waals surface area contributed by atoms with Crippen LogP contribution < -0.4 is 4.90 Å². The molecule has 0 aromatic carbocycles. The second kappa shape index (κ2) is 6.14. The van der Waals surface area contributed by atoms with Crippen molar-refractivity contribution in [3.8, 4) is 0 Å². The van der Waals surface area contributed by atoms with Gasteiger partial charge in [-0.3, -0.25) is 4.40 Å². The van der Waals surface area contributed by atoms with E-state index in [9.17, 15) is 13.2 Å². The molecule has 0 amide bonds. The zero-order valence-electron chi connectivity index (χ0n) is 14.6. The lowest BCUT2D eigenvalue weighted by atomic mass is 9.96. The molecule has 1 aliphatic rings. The Kier molecular flexibility index (Phi) is 3.71. The molecule has 1 fully saturated rings. The lowest BCUT2D eigenvalue weighted by molar-refractivity contribution is -0.146. The molecule has 0 aliphatic carbocycles. The molecule has 11 heteroatoms. The molecular formula is C17H15F3N8. The van der Waals surface area contributed by atoms with E-state index in [1.807, 2.05) is 33.7 Å². The van der Waals surface area contributed by atoms with Crippen molar-refractivity contribution in [2.75, 3.05) is 18.0 Å². The SMILES string of the molecule is FC(F)(F)c1nnc2ccc(N3CCC(c4nnc5ccccn45)CC3)nn12. The van der Waals surface area contributed by atoms with Gasteiger partial charge in [-0.25, -0.2) is 0 Å². The lowest BCUT2D eigenvalue weighted by Crippen LogP contribution is -2.34. The zero-order valence-corrected chi connectivity index (χ0v) is 14.6. The molecule has 1 aliphatic heterocycles. The molecule has 0 atom stereocenters. The molecule has 5 rings (SSSR count). The van der Waals surface area contributed by atoms with Crippen LogP contribution in [0.4, 0.5) is 19.0 Å². The second-order valence-corrected chi connectivity index (χ2v) is 6.73. The molecule has 5 heterocycles. The number of aromatic nitrogens is 7. The van der Waals surface area contributed by atoms with Crippen LogP contribution >= 0.6 is 0 Å². The Bertz CT molecular complexity index is 1140. The Morgan fingerprint density at radius 2 is 1.68 bits per heavy atom. The van der Waals surface area contributed by atoms with Crippen molar-refractivity contribution in [3.05, 3.63) is 48.2 Å². The monoisotopic (exact) mass is 388 g/mol. The molecule has 4 aromatic heterocycles. The van der Waals surface area contributed by atoms with E-state index in [0.717, 1.165) is 28.8 Å². The molecule has 0 saturated carbocycles. The molecule has 0 bridgehead atoms. The maximum atomic E-state index is 13.1. The van der Waals surface area contributed by atoms with Gasteiger partial charge in [0.05, 0.1) is 0 Å². The van der Waals surface area contributed by atoms with Crippen molar-refractivity contribution in [2.45, 2.75) is 24.9 Å². The van der Waals surface area contributed by atoms with Gasteiger partial charge < -0.3 is 4.90 Å². The summed E-state index contributed by atoms with van der Waals surface area (Å²) < 4.78 is 41.9. The smallest absolute Gasteiger partial charge is 0.355 e. The molecule has 0 unspecified atom stereocenters. The van der Waals surface area contributed by atoms with Crippen molar-refractivity contribution in [2.24, 2.45) is 0 Å². The number of nitrogens with zero attached hydrogens (tertiary/aromatic N) is 8. The van der Waals surface area contributed by atoms with Crippen molar-refractivity contribution in [1.82, 2.24) is 34.4 Å². The van der Waals surface area contributed by atoms with Crippen LogP contribution in [0.1, 0.15) is 30.4 Å². The van der Waals surface area contributed by atoms with E-state index >= 15 is 0 Å². The summed E-state index contributed by atoms with van der Waals surface area (Å²) >= 11 is 0. The molecule has 144 valence electrons. The minimum absolute atomic E-state index is 0.0703. The Morgan fingerprint density at radius 1 is 0.893 bits per heavy atom. The highest BCUT2D eigenvalue weighted by Crippen LogP contribution is 2.31. The highest BCUT2D eigenvalue weighted by atomic mass is 19.4. The first-order valence-corrected chi connectivity index (χ1v) is 8.85. The van der Waals surface area contributed by atoms with Crippen molar-refractivity contribution < 1.29 is 13.2 Å². The zero-order chi connectivity index (χ0) is 19.3. The van der Waals surface area contributed by atoms with Crippen LogP contribution in [0.15, 0.2) is 36.5 Å². The molecule has 1 saturated heterocycles. The summed E-state index contributed by atoms with van der Waals surface area (Å²) in [6.07, 6.45) is -1.04. The average molecular weight is 388 g/mol. The number of fused-ring (bicyclic) bond motifs is 2. The number of halogens is 3. The van der Waals surface area contributed by atoms with E-state index in [-0.39, 0.29) is 11.6 Å². The standard InChI is InChI=1S/C17H15F3N8/c18-17(19,20)16-24-22-13-4-5-14(25-28(13)16)26-9-6-11(7-10-26)15-23-21-12-3-1-2-8-27(12)15/h1-5,8,11H,6-7,9-10H2. The summed E-state index contributed by atoms with van der Waals surface area (Å²) in [4.78, 5) is 1.97. The molecule has 0 spiro atoms. The fraction of sp³-hybridized carbons (Fsp3) is 0.353. The third-order valence-electron chi connectivity index (χ3n) is 5.03. The summed E-state index contributed by atoms with van der Waals surface area (Å²) in [6, 6.07) is 8.94. The number of hydrogen-bond acceptors (Lipinski definition) is 6. The summed E-state index contributed by atoms with van der Waals surface area (Å²) in [6.45, 7) is 1.32. The summed E-state index contributed by atoms with van der Waals surface area (Å²) in [5.41, 5.74) is 0.875. The largest absolute Gasteiger partial charge is 0.453 e.